The maximum Gasteiger partial charge on any atom is 0.240 e. The van der Waals surface area contributed by atoms with Crippen LogP contribution in [-0.4, -0.2) is 26.3 Å². The van der Waals surface area contributed by atoms with Gasteiger partial charge in [-0.05, 0) is 55.5 Å². The van der Waals surface area contributed by atoms with Gasteiger partial charge in [-0.3, -0.25) is 9.59 Å². The van der Waals surface area contributed by atoms with Crippen molar-refractivity contribution in [2.45, 2.75) is 29.7 Å². The van der Waals surface area contributed by atoms with Crippen LogP contribution in [0.15, 0.2) is 58.3 Å². The van der Waals surface area contributed by atoms with Gasteiger partial charge in [0.25, 0.3) is 0 Å². The number of nitrogens with one attached hydrogen (secondary N) is 2. The van der Waals surface area contributed by atoms with Crippen molar-refractivity contribution >= 4 is 33.0 Å². The van der Waals surface area contributed by atoms with E-state index in [4.69, 9.17) is 5.73 Å². The van der Waals surface area contributed by atoms with Crippen molar-refractivity contribution in [1.82, 2.24) is 0 Å². The zero-order chi connectivity index (χ0) is 18.6. The summed E-state index contributed by atoms with van der Waals surface area (Å²) in [5.74, 6) is -0.593. The molecule has 0 fully saturated rings. The molecular weight excluding hydrogens is 342 g/mol. The first-order chi connectivity index (χ1) is 11.7. The van der Waals surface area contributed by atoms with Crippen molar-refractivity contribution in [3.05, 3.63) is 48.5 Å². The van der Waals surface area contributed by atoms with Crippen LogP contribution in [0.3, 0.4) is 0 Å². The highest BCUT2D eigenvalue weighted by Gasteiger charge is 2.18. The van der Waals surface area contributed by atoms with Crippen LogP contribution in [0.5, 0.6) is 0 Å². The van der Waals surface area contributed by atoms with Gasteiger partial charge in [0.15, 0.2) is 0 Å². The molecule has 0 saturated carbocycles. The Balaban J connectivity index is 2.21. The fourth-order valence-corrected chi connectivity index (χ4v) is 3.29. The minimum absolute atomic E-state index is 0.0959. The molecule has 8 heteroatoms. The van der Waals surface area contributed by atoms with Crippen LogP contribution in [0.1, 0.15) is 13.8 Å². The summed E-state index contributed by atoms with van der Waals surface area (Å²) >= 11 is 0. The van der Waals surface area contributed by atoms with Gasteiger partial charge < -0.3 is 16.4 Å². The minimum Gasteiger partial charge on any atom is -0.326 e. The van der Waals surface area contributed by atoms with Crippen LogP contribution >= 0.6 is 0 Å². The van der Waals surface area contributed by atoms with Crippen molar-refractivity contribution < 1.29 is 18.0 Å². The van der Waals surface area contributed by atoms with Gasteiger partial charge in [0.05, 0.1) is 15.8 Å². The molecule has 2 amide bonds. The van der Waals surface area contributed by atoms with Gasteiger partial charge in [0, 0.05) is 18.3 Å². The van der Waals surface area contributed by atoms with E-state index in [0.29, 0.717) is 11.4 Å². The van der Waals surface area contributed by atoms with E-state index < -0.39 is 15.9 Å². The molecule has 2 aromatic rings. The molecule has 0 radical (unpaired) electrons. The Hall–Kier alpha value is -2.71. The highest BCUT2D eigenvalue weighted by molar-refractivity contribution is 7.91. The lowest BCUT2D eigenvalue weighted by molar-refractivity contribution is -0.117. The van der Waals surface area contributed by atoms with Crippen molar-refractivity contribution in [2.24, 2.45) is 5.73 Å². The Morgan fingerprint density at radius 2 is 1.28 bits per heavy atom. The third kappa shape index (κ3) is 4.65. The Bertz CT molecular complexity index is 873. The van der Waals surface area contributed by atoms with Gasteiger partial charge in [0.1, 0.15) is 0 Å². The Labute approximate surface area is 146 Å². The van der Waals surface area contributed by atoms with E-state index in [1.807, 2.05) is 0 Å². The van der Waals surface area contributed by atoms with Gasteiger partial charge in [-0.25, -0.2) is 8.42 Å². The number of rotatable bonds is 5. The van der Waals surface area contributed by atoms with Crippen molar-refractivity contribution in [1.29, 1.82) is 0 Å². The second kappa shape index (κ2) is 7.45. The topological polar surface area (TPSA) is 118 Å². The fraction of sp³-hybridized carbons (Fsp3) is 0.176. The smallest absolute Gasteiger partial charge is 0.240 e. The van der Waals surface area contributed by atoms with Crippen LogP contribution < -0.4 is 16.4 Å². The molecule has 4 N–H and O–H groups in total. The summed E-state index contributed by atoms with van der Waals surface area (Å²) in [4.78, 5) is 22.7. The molecule has 0 spiro atoms. The number of amides is 2. The van der Waals surface area contributed by atoms with Crippen LogP contribution in [0.2, 0.25) is 0 Å². The Kier molecular flexibility index (Phi) is 5.55. The molecule has 0 aliphatic carbocycles. The van der Waals surface area contributed by atoms with E-state index in [-0.39, 0.29) is 21.6 Å². The molecule has 2 aromatic carbocycles. The summed E-state index contributed by atoms with van der Waals surface area (Å²) in [7, 11) is -3.70. The number of carbonyl (C=O) groups excluding carboxylic acids is 2. The lowest BCUT2D eigenvalue weighted by atomic mass is 10.3. The van der Waals surface area contributed by atoms with E-state index in [2.05, 4.69) is 10.6 Å². The molecule has 0 heterocycles. The Morgan fingerprint density at radius 1 is 0.880 bits per heavy atom. The van der Waals surface area contributed by atoms with Crippen LogP contribution in [0.25, 0.3) is 0 Å². The third-order valence-corrected chi connectivity index (χ3v) is 5.12. The summed E-state index contributed by atoms with van der Waals surface area (Å²) in [5, 5.41) is 5.16. The molecule has 2 rings (SSSR count). The quantitative estimate of drug-likeness (QED) is 0.750. The standard InChI is InChI=1S/C17H19N3O4S/c1-11(18)17(22)20-14-5-9-16(10-6-14)25(23,24)15-7-3-13(4-8-15)19-12(2)21/h3-11H,18H2,1-2H3,(H,19,21)(H,20,22). The minimum atomic E-state index is -3.70. The van der Waals surface area contributed by atoms with Crippen LogP contribution in [0.4, 0.5) is 11.4 Å². The second-order valence-electron chi connectivity index (χ2n) is 5.51. The lowest BCUT2D eigenvalue weighted by Crippen LogP contribution is -2.32. The third-order valence-electron chi connectivity index (χ3n) is 3.33. The molecule has 0 aromatic heterocycles. The normalized spacial score (nSPS) is 12.3. The van der Waals surface area contributed by atoms with E-state index in [9.17, 15) is 18.0 Å². The summed E-state index contributed by atoms with van der Waals surface area (Å²) in [5.41, 5.74) is 6.44. The number of nitrogens with two attached hydrogens (primary N) is 1. The first kappa shape index (κ1) is 18.6. The van der Waals surface area contributed by atoms with Gasteiger partial charge in [-0.1, -0.05) is 0 Å². The van der Waals surface area contributed by atoms with E-state index >= 15 is 0 Å². The molecule has 1 unspecified atom stereocenters. The lowest BCUT2D eigenvalue weighted by Gasteiger charge is -2.09. The highest BCUT2D eigenvalue weighted by atomic mass is 32.2. The van der Waals surface area contributed by atoms with E-state index in [1.54, 1.807) is 6.92 Å². The first-order valence-electron chi connectivity index (χ1n) is 7.49. The number of hydrogen-bond acceptors (Lipinski definition) is 5. The van der Waals surface area contributed by atoms with Crippen molar-refractivity contribution in [2.75, 3.05) is 10.6 Å². The SMILES string of the molecule is CC(=O)Nc1ccc(S(=O)(=O)c2ccc(NC(=O)C(C)N)cc2)cc1. The molecule has 0 saturated heterocycles. The molecule has 0 aliphatic rings. The zero-order valence-corrected chi connectivity index (χ0v) is 14.6. The van der Waals surface area contributed by atoms with Gasteiger partial charge >= 0.3 is 0 Å². The van der Waals surface area contributed by atoms with Crippen LogP contribution in [-0.2, 0) is 19.4 Å². The second-order valence-corrected chi connectivity index (χ2v) is 7.46. The van der Waals surface area contributed by atoms with E-state index in [0.717, 1.165) is 0 Å². The number of hydrogen-bond donors (Lipinski definition) is 3. The maximum absolute atomic E-state index is 12.6. The summed E-state index contributed by atoms with van der Waals surface area (Å²) in [6.07, 6.45) is 0. The largest absolute Gasteiger partial charge is 0.326 e. The first-order valence-corrected chi connectivity index (χ1v) is 8.98. The number of carbonyl (C=O) groups is 2. The predicted octanol–water partition coefficient (Wildman–Crippen LogP) is 1.76. The van der Waals surface area contributed by atoms with E-state index in [1.165, 1.54) is 55.5 Å². The molecule has 0 aliphatic heterocycles. The number of benzene rings is 2. The summed E-state index contributed by atoms with van der Waals surface area (Å²) in [6, 6.07) is 11.0. The monoisotopic (exact) mass is 361 g/mol. The van der Waals surface area contributed by atoms with Gasteiger partial charge in [-0.15, -0.1) is 0 Å². The summed E-state index contributed by atoms with van der Waals surface area (Å²) < 4.78 is 25.2. The average molecular weight is 361 g/mol. The average Bonchev–Trinajstić information content (AvgIpc) is 2.55. The molecule has 25 heavy (non-hydrogen) atoms. The molecular formula is C17H19N3O4S. The molecule has 7 nitrogen and oxygen atoms in total. The zero-order valence-electron chi connectivity index (χ0n) is 13.8. The maximum atomic E-state index is 12.6. The molecule has 1 atom stereocenters. The number of anilines is 2. The Morgan fingerprint density at radius 3 is 1.64 bits per heavy atom. The highest BCUT2D eigenvalue weighted by Crippen LogP contribution is 2.23. The number of sulfone groups is 1. The van der Waals surface area contributed by atoms with Crippen molar-refractivity contribution in [3.63, 3.8) is 0 Å². The van der Waals surface area contributed by atoms with Gasteiger partial charge in [-0.2, -0.15) is 0 Å². The predicted molar refractivity (Wildman–Crippen MR) is 94.9 cm³/mol. The van der Waals surface area contributed by atoms with Crippen molar-refractivity contribution in [3.8, 4) is 0 Å². The van der Waals surface area contributed by atoms with Gasteiger partial charge in [0.2, 0.25) is 21.7 Å². The summed E-state index contributed by atoms with van der Waals surface area (Å²) in [6.45, 7) is 2.93. The van der Waals surface area contributed by atoms with Crippen LogP contribution in [0, 0.1) is 0 Å². The molecule has 0 bridgehead atoms. The fourth-order valence-electron chi connectivity index (χ4n) is 2.03. The molecule has 132 valence electrons.